The Morgan fingerprint density at radius 3 is 2.45 bits per heavy atom. The number of hydrogen-bond donors (Lipinski definition) is 2. The van der Waals surface area contributed by atoms with Gasteiger partial charge in [0.05, 0.1) is 0 Å². The van der Waals surface area contributed by atoms with Crippen LogP contribution in [0.5, 0.6) is 11.5 Å². The van der Waals surface area contributed by atoms with Crippen LogP contribution in [0.15, 0.2) is 66.7 Å². The zero-order chi connectivity index (χ0) is 21.6. The summed E-state index contributed by atoms with van der Waals surface area (Å²) in [4.78, 5) is 25.1. The minimum absolute atomic E-state index is 0.112. The first-order chi connectivity index (χ1) is 15.1. The van der Waals surface area contributed by atoms with Crippen LogP contribution in [0.4, 0.5) is 11.4 Å². The predicted octanol–water partition coefficient (Wildman–Crippen LogP) is 4.59. The first kappa shape index (κ1) is 20.5. The number of benzene rings is 3. The summed E-state index contributed by atoms with van der Waals surface area (Å²) in [7, 11) is 0. The topological polar surface area (TPSA) is 76.7 Å². The molecule has 0 bridgehead atoms. The van der Waals surface area contributed by atoms with E-state index < -0.39 is 0 Å². The Bertz CT molecular complexity index is 1100. The van der Waals surface area contributed by atoms with Gasteiger partial charge in [-0.05, 0) is 60.9 Å². The molecule has 4 rings (SSSR count). The van der Waals surface area contributed by atoms with Crippen molar-refractivity contribution in [3.05, 3.63) is 83.4 Å². The normalized spacial score (nSPS) is 12.2. The lowest BCUT2D eigenvalue weighted by Crippen LogP contribution is -2.16. The molecule has 1 aliphatic rings. The third-order valence-corrected chi connectivity index (χ3v) is 5.05. The van der Waals surface area contributed by atoms with Gasteiger partial charge in [-0.15, -0.1) is 0 Å². The van der Waals surface area contributed by atoms with Gasteiger partial charge in [0.1, 0.15) is 13.2 Å². The smallest absolute Gasteiger partial charge is 0.255 e. The molecule has 6 heteroatoms. The van der Waals surface area contributed by atoms with Gasteiger partial charge in [-0.3, -0.25) is 9.59 Å². The molecule has 6 nitrogen and oxygen atoms in total. The Labute approximate surface area is 181 Å². The molecule has 3 aromatic carbocycles. The number of aryl methyl sites for hydroxylation is 2. The molecule has 0 spiro atoms. The van der Waals surface area contributed by atoms with Gasteiger partial charge in [0.2, 0.25) is 5.91 Å². The maximum absolute atomic E-state index is 12.5. The Balaban J connectivity index is 1.37. The first-order valence-corrected chi connectivity index (χ1v) is 10.2. The molecule has 2 amide bonds. The minimum Gasteiger partial charge on any atom is -0.486 e. The average molecular weight is 416 g/mol. The number of ether oxygens (including phenoxy) is 2. The zero-order valence-corrected chi connectivity index (χ0v) is 17.3. The van der Waals surface area contributed by atoms with Crippen LogP contribution in [0.25, 0.3) is 0 Å². The second kappa shape index (κ2) is 9.34. The molecule has 0 unspecified atom stereocenters. The third kappa shape index (κ3) is 5.22. The highest BCUT2D eigenvalue weighted by Gasteiger charge is 2.14. The highest BCUT2D eigenvalue weighted by Crippen LogP contribution is 2.31. The molecule has 1 heterocycles. The van der Waals surface area contributed by atoms with Crippen molar-refractivity contribution in [3.63, 3.8) is 0 Å². The quantitative estimate of drug-likeness (QED) is 0.616. The molecule has 0 aliphatic carbocycles. The van der Waals surface area contributed by atoms with Gasteiger partial charge in [-0.1, -0.05) is 30.3 Å². The lowest BCUT2D eigenvalue weighted by Gasteiger charge is -2.18. The summed E-state index contributed by atoms with van der Waals surface area (Å²) in [5.41, 5.74) is 3.73. The average Bonchev–Trinajstić information content (AvgIpc) is 2.79. The molecule has 0 atom stereocenters. The molecule has 0 aromatic heterocycles. The number of hydrogen-bond acceptors (Lipinski definition) is 4. The number of rotatable bonds is 6. The Morgan fingerprint density at radius 1 is 0.871 bits per heavy atom. The van der Waals surface area contributed by atoms with E-state index in [1.54, 1.807) is 12.1 Å². The summed E-state index contributed by atoms with van der Waals surface area (Å²) in [6.45, 7) is 2.98. The molecule has 31 heavy (non-hydrogen) atoms. The maximum Gasteiger partial charge on any atom is 0.255 e. The van der Waals surface area contributed by atoms with Gasteiger partial charge in [0.15, 0.2) is 11.5 Å². The highest BCUT2D eigenvalue weighted by molar-refractivity contribution is 6.05. The Hall–Kier alpha value is -3.80. The largest absolute Gasteiger partial charge is 0.486 e. The monoisotopic (exact) mass is 416 g/mol. The van der Waals surface area contributed by atoms with Crippen LogP contribution < -0.4 is 20.1 Å². The number of carbonyl (C=O) groups is 2. The van der Waals surface area contributed by atoms with E-state index >= 15 is 0 Å². The Morgan fingerprint density at radius 2 is 1.65 bits per heavy atom. The van der Waals surface area contributed by atoms with E-state index in [4.69, 9.17) is 9.47 Å². The van der Waals surface area contributed by atoms with Crippen LogP contribution in [0, 0.1) is 6.92 Å². The van der Waals surface area contributed by atoms with Crippen LogP contribution in [-0.2, 0) is 11.2 Å². The number of amides is 2. The van der Waals surface area contributed by atoms with Gasteiger partial charge in [-0.25, -0.2) is 0 Å². The predicted molar refractivity (Wildman–Crippen MR) is 120 cm³/mol. The lowest BCUT2D eigenvalue weighted by atomic mass is 10.1. The van der Waals surface area contributed by atoms with E-state index in [0.29, 0.717) is 37.3 Å². The van der Waals surface area contributed by atoms with E-state index in [1.165, 1.54) is 0 Å². The summed E-state index contributed by atoms with van der Waals surface area (Å²) in [5.74, 6) is 1.12. The first-order valence-electron chi connectivity index (χ1n) is 10.2. The fourth-order valence-electron chi connectivity index (χ4n) is 3.34. The molecule has 0 fully saturated rings. The van der Waals surface area contributed by atoms with Gasteiger partial charge in [-0.2, -0.15) is 0 Å². The molecular weight excluding hydrogens is 392 g/mol. The number of fused-ring (bicyclic) bond motifs is 1. The summed E-state index contributed by atoms with van der Waals surface area (Å²) >= 11 is 0. The van der Waals surface area contributed by atoms with Crippen molar-refractivity contribution in [1.29, 1.82) is 0 Å². The SMILES string of the molecule is Cc1ccc(C(=O)Nc2ccccc2)cc1NC(=O)CCc1ccc2c(c1)OCCO2. The van der Waals surface area contributed by atoms with Crippen molar-refractivity contribution in [2.24, 2.45) is 0 Å². The number of carbonyl (C=O) groups excluding carboxylic acids is 2. The van der Waals surface area contributed by atoms with Crippen LogP contribution in [0.2, 0.25) is 0 Å². The van der Waals surface area contributed by atoms with Gasteiger partial charge < -0.3 is 20.1 Å². The molecule has 0 saturated heterocycles. The standard InChI is InChI=1S/C25H24N2O4/c1-17-7-10-19(25(29)26-20-5-3-2-4-6-20)16-21(17)27-24(28)12-9-18-8-11-22-23(15-18)31-14-13-30-22/h2-8,10-11,15-16H,9,12-14H2,1H3,(H,26,29)(H,27,28). The summed E-state index contributed by atoms with van der Waals surface area (Å²) in [6, 6.07) is 20.3. The van der Waals surface area contributed by atoms with Gasteiger partial charge >= 0.3 is 0 Å². The summed E-state index contributed by atoms with van der Waals surface area (Å²) in [5, 5.41) is 5.78. The van der Waals surface area contributed by atoms with E-state index in [2.05, 4.69) is 10.6 Å². The number of para-hydroxylation sites is 1. The van der Waals surface area contributed by atoms with Gasteiger partial charge in [0.25, 0.3) is 5.91 Å². The molecule has 3 aromatic rings. The second-order valence-electron chi connectivity index (χ2n) is 7.38. The second-order valence-corrected chi connectivity index (χ2v) is 7.38. The fraction of sp³-hybridized carbons (Fsp3) is 0.200. The van der Waals surface area contributed by atoms with Crippen molar-refractivity contribution >= 4 is 23.2 Å². The van der Waals surface area contributed by atoms with Crippen LogP contribution in [-0.4, -0.2) is 25.0 Å². The van der Waals surface area contributed by atoms with Crippen LogP contribution in [0.3, 0.4) is 0 Å². The van der Waals surface area contributed by atoms with Crippen molar-refractivity contribution in [1.82, 2.24) is 0 Å². The Kier molecular flexibility index (Phi) is 6.17. The molecule has 1 aliphatic heterocycles. The highest BCUT2D eigenvalue weighted by atomic mass is 16.6. The van der Waals surface area contributed by atoms with E-state index in [9.17, 15) is 9.59 Å². The molecular formula is C25H24N2O4. The van der Waals surface area contributed by atoms with Gasteiger partial charge in [0, 0.05) is 23.4 Å². The van der Waals surface area contributed by atoms with Crippen molar-refractivity contribution < 1.29 is 19.1 Å². The van der Waals surface area contributed by atoms with E-state index in [-0.39, 0.29) is 11.8 Å². The van der Waals surface area contributed by atoms with Crippen LogP contribution >= 0.6 is 0 Å². The summed E-state index contributed by atoms with van der Waals surface area (Å²) in [6.07, 6.45) is 0.898. The fourth-order valence-corrected chi connectivity index (χ4v) is 3.34. The van der Waals surface area contributed by atoms with Crippen molar-refractivity contribution in [3.8, 4) is 11.5 Å². The van der Waals surface area contributed by atoms with E-state index in [1.807, 2.05) is 61.5 Å². The third-order valence-electron chi connectivity index (χ3n) is 5.05. The molecule has 0 saturated carbocycles. The minimum atomic E-state index is -0.224. The maximum atomic E-state index is 12.5. The van der Waals surface area contributed by atoms with Crippen molar-refractivity contribution in [2.45, 2.75) is 19.8 Å². The number of anilines is 2. The van der Waals surface area contributed by atoms with Crippen molar-refractivity contribution in [2.75, 3.05) is 23.8 Å². The molecule has 2 N–H and O–H groups in total. The van der Waals surface area contributed by atoms with E-state index in [0.717, 1.165) is 28.3 Å². The van der Waals surface area contributed by atoms with Crippen LogP contribution in [0.1, 0.15) is 27.9 Å². The number of nitrogens with one attached hydrogen (secondary N) is 2. The zero-order valence-electron chi connectivity index (χ0n) is 17.3. The molecule has 158 valence electrons. The summed E-state index contributed by atoms with van der Waals surface area (Å²) < 4.78 is 11.1. The molecule has 0 radical (unpaired) electrons. The lowest BCUT2D eigenvalue weighted by molar-refractivity contribution is -0.116.